The van der Waals surface area contributed by atoms with E-state index in [0.717, 1.165) is 7.11 Å². The van der Waals surface area contributed by atoms with E-state index < -0.39 is 18.2 Å². The Labute approximate surface area is 108 Å². The van der Waals surface area contributed by atoms with Crippen molar-refractivity contribution >= 4 is 28.6 Å². The first-order valence-electron chi connectivity index (χ1n) is 4.26. The zero-order chi connectivity index (χ0) is 13.2. The number of nitrogens with zero attached hydrogens (tertiary/aromatic N) is 1. The average Bonchev–Trinajstić information content (AvgIpc) is 2.19. The van der Waals surface area contributed by atoms with E-state index in [-0.39, 0.29) is 14.8 Å². The second-order valence-corrected chi connectivity index (χ2v) is 4.05. The second kappa shape index (κ2) is 5.07. The molecule has 0 spiro atoms. The van der Waals surface area contributed by atoms with Gasteiger partial charge in [0.1, 0.15) is 0 Å². The van der Waals surface area contributed by atoms with Gasteiger partial charge >= 0.3 is 12.3 Å². The minimum atomic E-state index is -4.85. The number of aromatic nitrogens is 1. The molecule has 4 nitrogen and oxygen atoms in total. The fourth-order valence-electron chi connectivity index (χ4n) is 1.06. The number of hydrogen-bond acceptors (Lipinski definition) is 4. The number of ether oxygens (including phenoxy) is 2. The van der Waals surface area contributed by atoms with Crippen LogP contribution in [-0.4, -0.2) is 24.4 Å². The van der Waals surface area contributed by atoms with Gasteiger partial charge in [0.2, 0.25) is 5.88 Å². The van der Waals surface area contributed by atoms with Gasteiger partial charge in [-0.25, -0.2) is 9.78 Å². The maximum Gasteiger partial charge on any atom is 0.574 e. The average molecular weight is 361 g/mol. The number of methoxy groups -OCH3 is 1. The van der Waals surface area contributed by atoms with Gasteiger partial charge < -0.3 is 9.47 Å². The van der Waals surface area contributed by atoms with Crippen molar-refractivity contribution in [1.82, 2.24) is 4.98 Å². The van der Waals surface area contributed by atoms with E-state index >= 15 is 0 Å². The molecule has 0 bridgehead atoms. The van der Waals surface area contributed by atoms with E-state index in [4.69, 9.17) is 0 Å². The first kappa shape index (κ1) is 14.0. The number of aryl methyl sites for hydroxylation is 1. The van der Waals surface area contributed by atoms with Crippen LogP contribution in [0.4, 0.5) is 13.2 Å². The molecule has 0 saturated carbocycles. The lowest BCUT2D eigenvalue weighted by Gasteiger charge is -2.12. The summed E-state index contributed by atoms with van der Waals surface area (Å²) >= 11 is 1.55. The number of esters is 1. The van der Waals surface area contributed by atoms with Crippen molar-refractivity contribution in [2.24, 2.45) is 0 Å². The molecule has 0 amide bonds. The van der Waals surface area contributed by atoms with Crippen LogP contribution in [-0.2, 0) is 4.74 Å². The van der Waals surface area contributed by atoms with Crippen LogP contribution < -0.4 is 4.74 Å². The number of alkyl halides is 3. The minimum Gasteiger partial charge on any atom is -0.465 e. The van der Waals surface area contributed by atoms with E-state index in [1.54, 1.807) is 22.6 Å². The Bertz CT molecular complexity index is 448. The maximum absolute atomic E-state index is 12.1. The summed E-state index contributed by atoms with van der Waals surface area (Å²) in [7, 11) is 1.14. The predicted octanol–water partition coefficient (Wildman–Crippen LogP) is 2.68. The lowest BCUT2D eigenvalue weighted by Crippen LogP contribution is -2.20. The Hall–Kier alpha value is -1.06. The van der Waals surface area contributed by atoms with Crippen LogP contribution in [0.25, 0.3) is 0 Å². The van der Waals surface area contributed by atoms with Gasteiger partial charge in [0.05, 0.1) is 16.2 Å². The molecule has 0 unspecified atom stereocenters. The molecule has 17 heavy (non-hydrogen) atoms. The normalized spacial score (nSPS) is 11.2. The van der Waals surface area contributed by atoms with Crippen molar-refractivity contribution in [2.45, 2.75) is 13.3 Å². The summed E-state index contributed by atoms with van der Waals surface area (Å²) in [6, 6.07) is 1.33. The topological polar surface area (TPSA) is 48.4 Å². The second-order valence-electron chi connectivity index (χ2n) is 2.97. The largest absolute Gasteiger partial charge is 0.574 e. The highest BCUT2D eigenvalue weighted by Gasteiger charge is 2.33. The van der Waals surface area contributed by atoms with Crippen molar-refractivity contribution < 1.29 is 27.4 Å². The van der Waals surface area contributed by atoms with Gasteiger partial charge in [-0.3, -0.25) is 0 Å². The standard InChI is InChI=1S/C9H7F3INO3/c1-4-3-5(8(15)16-2)6(13)7(14-4)17-9(10,11)12/h3H,1-2H3. The number of carbonyl (C=O) groups is 1. The Balaban J connectivity index is 3.24. The number of halogens is 4. The van der Waals surface area contributed by atoms with Crippen molar-refractivity contribution in [2.75, 3.05) is 7.11 Å². The van der Waals surface area contributed by atoms with Crippen LogP contribution >= 0.6 is 22.6 Å². The third kappa shape index (κ3) is 3.72. The smallest absolute Gasteiger partial charge is 0.465 e. The molecule has 0 aliphatic rings. The highest BCUT2D eigenvalue weighted by Crippen LogP contribution is 2.28. The van der Waals surface area contributed by atoms with Crippen LogP contribution in [0, 0.1) is 10.5 Å². The molecule has 8 heteroatoms. The van der Waals surface area contributed by atoms with Crippen molar-refractivity contribution in [1.29, 1.82) is 0 Å². The van der Waals surface area contributed by atoms with Crippen LogP contribution in [0.5, 0.6) is 5.88 Å². The van der Waals surface area contributed by atoms with E-state index in [9.17, 15) is 18.0 Å². The summed E-state index contributed by atoms with van der Waals surface area (Å²) in [5.41, 5.74) is 0.213. The number of pyridine rings is 1. The van der Waals surface area contributed by atoms with Gasteiger partial charge in [-0.05, 0) is 35.6 Å². The summed E-state index contributed by atoms with van der Waals surface area (Å²) in [6.07, 6.45) is -4.85. The Morgan fingerprint density at radius 3 is 2.53 bits per heavy atom. The highest BCUT2D eigenvalue weighted by molar-refractivity contribution is 14.1. The SMILES string of the molecule is COC(=O)c1cc(C)nc(OC(F)(F)F)c1I. The van der Waals surface area contributed by atoms with Gasteiger partial charge in [0.25, 0.3) is 0 Å². The molecular formula is C9H7F3INO3. The summed E-state index contributed by atoms with van der Waals surface area (Å²) in [6.45, 7) is 1.45. The summed E-state index contributed by atoms with van der Waals surface area (Å²) in [4.78, 5) is 14.9. The molecule has 0 radical (unpaired) electrons. The molecular weight excluding hydrogens is 354 g/mol. The van der Waals surface area contributed by atoms with Crippen LogP contribution in [0.1, 0.15) is 16.1 Å². The minimum absolute atomic E-state index is 0.0140. The fraction of sp³-hybridized carbons (Fsp3) is 0.333. The van der Waals surface area contributed by atoms with Gasteiger partial charge in [0.15, 0.2) is 0 Å². The number of hydrogen-bond donors (Lipinski definition) is 0. The van der Waals surface area contributed by atoms with Crippen LogP contribution in [0.2, 0.25) is 0 Å². The Kier molecular flexibility index (Phi) is 4.17. The molecule has 1 heterocycles. The lowest BCUT2D eigenvalue weighted by molar-refractivity contribution is -0.276. The Morgan fingerprint density at radius 1 is 1.47 bits per heavy atom. The van der Waals surface area contributed by atoms with Crippen LogP contribution in [0.15, 0.2) is 6.07 Å². The fourth-order valence-corrected chi connectivity index (χ4v) is 1.67. The quantitative estimate of drug-likeness (QED) is 0.601. The highest BCUT2D eigenvalue weighted by atomic mass is 127. The predicted molar refractivity (Wildman–Crippen MR) is 59.7 cm³/mol. The van der Waals surface area contributed by atoms with E-state index in [1.165, 1.54) is 13.0 Å². The Morgan fingerprint density at radius 2 is 2.06 bits per heavy atom. The molecule has 1 aromatic heterocycles. The van der Waals surface area contributed by atoms with Crippen LogP contribution in [0.3, 0.4) is 0 Å². The zero-order valence-corrected chi connectivity index (χ0v) is 10.9. The molecule has 0 fully saturated rings. The van der Waals surface area contributed by atoms with E-state index in [1.807, 2.05) is 0 Å². The van der Waals surface area contributed by atoms with E-state index in [2.05, 4.69) is 14.5 Å². The molecule has 94 valence electrons. The molecule has 0 saturated heterocycles. The van der Waals surface area contributed by atoms with Crippen molar-refractivity contribution in [3.8, 4) is 5.88 Å². The summed E-state index contributed by atoms with van der Waals surface area (Å²) in [5.74, 6) is -1.40. The van der Waals surface area contributed by atoms with Gasteiger partial charge in [0, 0.05) is 5.69 Å². The first-order valence-corrected chi connectivity index (χ1v) is 5.33. The van der Waals surface area contributed by atoms with E-state index in [0.29, 0.717) is 0 Å². The van der Waals surface area contributed by atoms with Gasteiger partial charge in [-0.1, -0.05) is 0 Å². The van der Waals surface area contributed by atoms with Gasteiger partial charge in [-0.15, -0.1) is 13.2 Å². The lowest BCUT2D eigenvalue weighted by atomic mass is 10.2. The monoisotopic (exact) mass is 361 g/mol. The molecule has 0 aliphatic carbocycles. The third-order valence-electron chi connectivity index (χ3n) is 1.67. The molecule has 0 aromatic carbocycles. The number of rotatable bonds is 2. The first-order chi connectivity index (χ1) is 7.74. The summed E-state index contributed by atoms with van der Waals surface area (Å²) in [5, 5.41) is 0. The molecule has 0 atom stereocenters. The summed E-state index contributed by atoms with van der Waals surface area (Å²) < 4.78 is 44.4. The molecule has 0 aliphatic heterocycles. The van der Waals surface area contributed by atoms with Crippen molar-refractivity contribution in [3.05, 3.63) is 20.9 Å². The molecule has 1 rings (SSSR count). The third-order valence-corrected chi connectivity index (χ3v) is 2.72. The van der Waals surface area contributed by atoms with Gasteiger partial charge in [-0.2, -0.15) is 0 Å². The molecule has 1 aromatic rings. The maximum atomic E-state index is 12.1. The number of carbonyl (C=O) groups excluding carboxylic acids is 1. The molecule has 0 N–H and O–H groups in total. The van der Waals surface area contributed by atoms with Crippen molar-refractivity contribution in [3.63, 3.8) is 0 Å². The zero-order valence-electron chi connectivity index (χ0n) is 8.76.